The number of fused-ring (bicyclic) bond motifs is 1. The van der Waals surface area contributed by atoms with Crippen molar-refractivity contribution < 1.29 is 0 Å². The van der Waals surface area contributed by atoms with Crippen molar-refractivity contribution in [3.63, 3.8) is 0 Å². The number of pyridine rings is 1. The van der Waals surface area contributed by atoms with Gasteiger partial charge in [-0.05, 0) is 36.1 Å². The fourth-order valence-electron chi connectivity index (χ4n) is 2.25. The first-order valence-electron chi connectivity index (χ1n) is 5.50. The van der Waals surface area contributed by atoms with Crippen LogP contribution in [0, 0.1) is 0 Å². The van der Waals surface area contributed by atoms with Crippen LogP contribution in [0.1, 0.15) is 37.3 Å². The van der Waals surface area contributed by atoms with Crippen molar-refractivity contribution in [3.8, 4) is 0 Å². The molecule has 0 bridgehead atoms. The molecule has 76 valence electrons. The van der Waals surface area contributed by atoms with E-state index in [1.165, 1.54) is 24.1 Å². The topological polar surface area (TPSA) is 16.1 Å². The fourth-order valence-corrected chi connectivity index (χ4v) is 2.25. The van der Waals surface area contributed by atoms with Gasteiger partial charge in [-0.15, -0.1) is 0 Å². The van der Waals surface area contributed by atoms with Crippen LogP contribution in [0.2, 0.25) is 0 Å². The average Bonchev–Trinajstić information content (AvgIpc) is 2.27. The van der Waals surface area contributed by atoms with Crippen molar-refractivity contribution in [2.24, 2.45) is 0 Å². The van der Waals surface area contributed by atoms with Crippen molar-refractivity contribution in [1.29, 1.82) is 0 Å². The predicted octanol–water partition coefficient (Wildman–Crippen LogP) is 2.41. The second kappa shape index (κ2) is 4.09. The van der Waals surface area contributed by atoms with Gasteiger partial charge in [0.25, 0.3) is 0 Å². The number of nitrogens with zero attached hydrogens (tertiary/aromatic N) is 2. The Morgan fingerprint density at radius 1 is 1.50 bits per heavy atom. The van der Waals surface area contributed by atoms with Crippen LogP contribution in [0.5, 0.6) is 0 Å². The zero-order valence-corrected chi connectivity index (χ0v) is 9.03. The normalized spacial score (nSPS) is 22.0. The highest BCUT2D eigenvalue weighted by atomic mass is 15.1. The molecule has 0 saturated heterocycles. The molecule has 2 heteroatoms. The molecule has 0 N–H and O–H groups in total. The van der Waals surface area contributed by atoms with Gasteiger partial charge >= 0.3 is 0 Å². The lowest BCUT2D eigenvalue weighted by Gasteiger charge is -2.33. The van der Waals surface area contributed by atoms with E-state index in [0.717, 1.165) is 13.1 Å². The quantitative estimate of drug-likeness (QED) is 0.712. The van der Waals surface area contributed by atoms with Gasteiger partial charge in [0.15, 0.2) is 0 Å². The molecule has 1 aromatic rings. The van der Waals surface area contributed by atoms with Crippen LogP contribution in [0.4, 0.5) is 0 Å². The number of rotatable bonds is 2. The minimum atomic E-state index is 0.687. The van der Waals surface area contributed by atoms with E-state index in [4.69, 9.17) is 0 Å². The van der Waals surface area contributed by atoms with Crippen LogP contribution in [-0.4, -0.2) is 23.0 Å². The predicted molar refractivity (Wildman–Crippen MR) is 58.2 cm³/mol. The summed E-state index contributed by atoms with van der Waals surface area (Å²) in [6.45, 7) is 7.95. The van der Waals surface area contributed by atoms with Crippen LogP contribution >= 0.6 is 0 Å². The summed E-state index contributed by atoms with van der Waals surface area (Å²) in [6.07, 6.45) is 5.18. The van der Waals surface area contributed by atoms with Crippen LogP contribution in [0.3, 0.4) is 0 Å². The van der Waals surface area contributed by atoms with Crippen molar-refractivity contribution in [3.05, 3.63) is 29.6 Å². The minimum Gasteiger partial charge on any atom is -0.299 e. The number of aromatic nitrogens is 1. The molecule has 2 rings (SSSR count). The summed E-state index contributed by atoms with van der Waals surface area (Å²) in [5.74, 6) is 0.687. The number of hydrogen-bond donors (Lipinski definition) is 0. The van der Waals surface area contributed by atoms with Gasteiger partial charge < -0.3 is 0 Å². The lowest BCUT2D eigenvalue weighted by molar-refractivity contribution is 0.239. The Labute approximate surface area is 86.0 Å². The van der Waals surface area contributed by atoms with E-state index < -0.39 is 0 Å². The molecule has 0 spiro atoms. The van der Waals surface area contributed by atoms with Crippen molar-refractivity contribution in [2.45, 2.75) is 32.7 Å². The summed E-state index contributed by atoms with van der Waals surface area (Å²) in [5, 5.41) is 0. The first-order valence-corrected chi connectivity index (χ1v) is 5.50. The first-order chi connectivity index (χ1) is 6.85. The molecule has 2 heterocycles. The van der Waals surface area contributed by atoms with Gasteiger partial charge in [-0.25, -0.2) is 0 Å². The van der Waals surface area contributed by atoms with E-state index in [9.17, 15) is 0 Å². The molecule has 1 unspecified atom stereocenters. The number of likely N-dealkylation sites (N-methyl/N-ethyl adjacent to an activating group) is 1. The van der Waals surface area contributed by atoms with Gasteiger partial charge in [-0.2, -0.15) is 0 Å². The maximum absolute atomic E-state index is 4.23. The smallest absolute Gasteiger partial charge is 0.0306 e. The Hall–Kier alpha value is -0.890. The molecule has 1 aromatic heterocycles. The zero-order valence-electron chi connectivity index (χ0n) is 9.03. The van der Waals surface area contributed by atoms with Gasteiger partial charge in [-0.3, -0.25) is 9.88 Å². The van der Waals surface area contributed by atoms with E-state index in [1.54, 1.807) is 0 Å². The highest BCUT2D eigenvalue weighted by Gasteiger charge is 2.22. The summed E-state index contributed by atoms with van der Waals surface area (Å²) in [6, 6.07) is 2.17. The molecule has 0 radical (unpaired) electrons. The average molecular weight is 190 g/mol. The van der Waals surface area contributed by atoms with E-state index >= 15 is 0 Å². The largest absolute Gasteiger partial charge is 0.299 e. The third kappa shape index (κ3) is 1.67. The summed E-state index contributed by atoms with van der Waals surface area (Å²) >= 11 is 0. The van der Waals surface area contributed by atoms with Crippen LogP contribution < -0.4 is 0 Å². The highest BCUT2D eigenvalue weighted by molar-refractivity contribution is 5.29. The van der Waals surface area contributed by atoms with Gasteiger partial charge in [0, 0.05) is 25.5 Å². The molecule has 14 heavy (non-hydrogen) atoms. The molecule has 0 fully saturated rings. The third-order valence-corrected chi connectivity index (χ3v) is 3.20. The Morgan fingerprint density at radius 3 is 3.07 bits per heavy atom. The molecule has 1 aliphatic heterocycles. The monoisotopic (exact) mass is 190 g/mol. The second-order valence-corrected chi connectivity index (χ2v) is 4.01. The molecule has 1 aliphatic rings. The van der Waals surface area contributed by atoms with Crippen LogP contribution in [0.15, 0.2) is 18.5 Å². The Morgan fingerprint density at radius 2 is 2.36 bits per heavy atom. The van der Waals surface area contributed by atoms with Gasteiger partial charge in [-0.1, -0.05) is 13.8 Å². The minimum absolute atomic E-state index is 0.687. The maximum atomic E-state index is 4.23. The van der Waals surface area contributed by atoms with E-state index in [0.29, 0.717) is 5.92 Å². The second-order valence-electron chi connectivity index (χ2n) is 4.01. The lowest BCUT2D eigenvalue weighted by atomic mass is 9.89. The standard InChI is InChI=1S/C12H18N2/c1-3-10-8-14(4-2)9-11-5-6-13-7-12(10)11/h5-7,10H,3-4,8-9H2,1-2H3. The van der Waals surface area contributed by atoms with E-state index in [2.05, 4.69) is 36.0 Å². The summed E-state index contributed by atoms with van der Waals surface area (Å²) in [4.78, 5) is 6.74. The molecule has 2 nitrogen and oxygen atoms in total. The van der Waals surface area contributed by atoms with Crippen LogP contribution in [-0.2, 0) is 6.54 Å². The lowest BCUT2D eigenvalue weighted by Crippen LogP contribution is -2.33. The third-order valence-electron chi connectivity index (χ3n) is 3.20. The zero-order chi connectivity index (χ0) is 9.97. The molecular formula is C12H18N2. The maximum Gasteiger partial charge on any atom is 0.0306 e. The molecular weight excluding hydrogens is 172 g/mol. The van der Waals surface area contributed by atoms with E-state index in [1.807, 2.05) is 6.20 Å². The SMILES string of the molecule is CCC1CN(CC)Cc2ccncc21. The van der Waals surface area contributed by atoms with Gasteiger partial charge in [0.1, 0.15) is 0 Å². The summed E-state index contributed by atoms with van der Waals surface area (Å²) in [5.41, 5.74) is 2.94. The van der Waals surface area contributed by atoms with Crippen molar-refractivity contribution >= 4 is 0 Å². The molecule has 0 amide bonds. The molecule has 0 saturated carbocycles. The van der Waals surface area contributed by atoms with E-state index in [-0.39, 0.29) is 0 Å². The van der Waals surface area contributed by atoms with Crippen molar-refractivity contribution in [1.82, 2.24) is 9.88 Å². The Bertz CT molecular complexity index is 309. The Balaban J connectivity index is 2.31. The van der Waals surface area contributed by atoms with Crippen LogP contribution in [0.25, 0.3) is 0 Å². The highest BCUT2D eigenvalue weighted by Crippen LogP contribution is 2.29. The number of hydrogen-bond acceptors (Lipinski definition) is 2. The van der Waals surface area contributed by atoms with Crippen molar-refractivity contribution in [2.75, 3.05) is 13.1 Å². The Kier molecular flexibility index (Phi) is 2.82. The molecule has 0 aromatic carbocycles. The fraction of sp³-hybridized carbons (Fsp3) is 0.583. The summed E-state index contributed by atoms with van der Waals surface area (Å²) in [7, 11) is 0. The molecule has 0 aliphatic carbocycles. The van der Waals surface area contributed by atoms with Gasteiger partial charge in [0.05, 0.1) is 0 Å². The summed E-state index contributed by atoms with van der Waals surface area (Å²) < 4.78 is 0. The van der Waals surface area contributed by atoms with Gasteiger partial charge in [0.2, 0.25) is 0 Å². The first kappa shape index (κ1) is 9.66. The molecule has 1 atom stereocenters.